The van der Waals surface area contributed by atoms with E-state index in [1.165, 1.54) is 11.1 Å². The Hall–Kier alpha value is -1.36. The van der Waals surface area contributed by atoms with Crippen molar-refractivity contribution >= 4 is 27.5 Å². The second-order valence-corrected chi connectivity index (χ2v) is 5.93. The molecule has 108 valence electrons. The number of hydrogen-bond donors (Lipinski definition) is 3. The van der Waals surface area contributed by atoms with Crippen LogP contribution in [0, 0.1) is 11.3 Å². The van der Waals surface area contributed by atoms with Crippen molar-refractivity contribution in [2.24, 2.45) is 5.92 Å². The zero-order valence-corrected chi connectivity index (χ0v) is 13.4. The number of rotatable bonds is 4. The fraction of sp³-hybridized carbons (Fsp3) is 0.467. The van der Waals surface area contributed by atoms with Crippen LogP contribution in [0.2, 0.25) is 0 Å². The van der Waals surface area contributed by atoms with Gasteiger partial charge in [-0.15, -0.1) is 0 Å². The molecule has 2 rings (SSSR count). The minimum atomic E-state index is 0.0145. The topological polar surface area (TPSA) is 65.0 Å². The molecule has 20 heavy (non-hydrogen) atoms. The SMILES string of the molecule is CN/C(Br)=C1\C(=N)C=CC2=C1[C@H](CCNC(C)=O)CC2. The number of amides is 1. The van der Waals surface area contributed by atoms with Crippen LogP contribution in [0.4, 0.5) is 0 Å². The van der Waals surface area contributed by atoms with E-state index in [2.05, 4.69) is 32.6 Å². The molecule has 0 spiro atoms. The van der Waals surface area contributed by atoms with E-state index >= 15 is 0 Å². The number of nitrogens with one attached hydrogen (secondary N) is 3. The van der Waals surface area contributed by atoms with Gasteiger partial charge in [0.05, 0.1) is 10.3 Å². The summed E-state index contributed by atoms with van der Waals surface area (Å²) in [5.41, 5.74) is 4.10. The minimum absolute atomic E-state index is 0.0145. The Morgan fingerprint density at radius 2 is 2.25 bits per heavy atom. The third-order valence-electron chi connectivity index (χ3n) is 3.81. The minimum Gasteiger partial charge on any atom is -0.382 e. The maximum absolute atomic E-state index is 11.0. The predicted molar refractivity (Wildman–Crippen MR) is 84.9 cm³/mol. The summed E-state index contributed by atoms with van der Waals surface area (Å²) in [6.07, 6.45) is 7.00. The molecule has 0 saturated heterocycles. The molecule has 1 amide bonds. The molecule has 3 N–H and O–H groups in total. The summed E-state index contributed by atoms with van der Waals surface area (Å²) in [5.74, 6) is 0.429. The number of carbonyl (C=O) groups excluding carboxylic acids is 1. The third kappa shape index (κ3) is 3.03. The second kappa shape index (κ2) is 6.39. The van der Waals surface area contributed by atoms with Crippen LogP contribution >= 0.6 is 15.9 Å². The Bertz CT molecular complexity index is 531. The molecular weight excluding hydrogens is 318 g/mol. The van der Waals surface area contributed by atoms with Gasteiger partial charge in [-0.2, -0.15) is 0 Å². The average molecular weight is 338 g/mol. The van der Waals surface area contributed by atoms with Crippen molar-refractivity contribution in [1.82, 2.24) is 10.6 Å². The van der Waals surface area contributed by atoms with Gasteiger partial charge in [0.2, 0.25) is 5.91 Å². The molecule has 0 saturated carbocycles. The van der Waals surface area contributed by atoms with Crippen molar-refractivity contribution in [1.29, 1.82) is 5.41 Å². The van der Waals surface area contributed by atoms with Gasteiger partial charge in [0.15, 0.2) is 0 Å². The van der Waals surface area contributed by atoms with E-state index < -0.39 is 0 Å². The number of carbonyl (C=O) groups is 1. The van der Waals surface area contributed by atoms with Gasteiger partial charge >= 0.3 is 0 Å². The van der Waals surface area contributed by atoms with Gasteiger partial charge in [-0.1, -0.05) is 6.08 Å². The van der Waals surface area contributed by atoms with E-state index in [-0.39, 0.29) is 5.91 Å². The molecule has 2 aliphatic rings. The highest BCUT2D eigenvalue weighted by molar-refractivity contribution is 9.11. The van der Waals surface area contributed by atoms with Crippen LogP contribution in [0.3, 0.4) is 0 Å². The molecule has 0 fully saturated rings. The van der Waals surface area contributed by atoms with Gasteiger partial charge in [0, 0.05) is 26.1 Å². The summed E-state index contributed by atoms with van der Waals surface area (Å²) >= 11 is 3.52. The van der Waals surface area contributed by atoms with Crippen LogP contribution in [0.15, 0.2) is 33.5 Å². The zero-order chi connectivity index (χ0) is 14.7. The smallest absolute Gasteiger partial charge is 0.216 e. The quantitative estimate of drug-likeness (QED) is 0.690. The fourth-order valence-electron chi connectivity index (χ4n) is 2.89. The fourth-order valence-corrected chi connectivity index (χ4v) is 3.32. The van der Waals surface area contributed by atoms with E-state index in [0.29, 0.717) is 18.2 Å². The summed E-state index contributed by atoms with van der Waals surface area (Å²) in [7, 11) is 1.85. The Morgan fingerprint density at radius 1 is 1.50 bits per heavy atom. The lowest BCUT2D eigenvalue weighted by atomic mass is 9.86. The molecule has 0 unspecified atom stereocenters. The normalized spacial score (nSPS) is 23.8. The molecule has 0 aliphatic heterocycles. The number of hydrogen-bond acceptors (Lipinski definition) is 3. The van der Waals surface area contributed by atoms with Crippen molar-refractivity contribution < 1.29 is 4.79 Å². The summed E-state index contributed by atoms with van der Waals surface area (Å²) in [5, 5.41) is 14.1. The first-order valence-corrected chi connectivity index (χ1v) is 7.66. The monoisotopic (exact) mass is 337 g/mol. The highest BCUT2D eigenvalue weighted by atomic mass is 79.9. The van der Waals surface area contributed by atoms with Crippen LogP contribution in [-0.2, 0) is 4.79 Å². The molecule has 0 aromatic heterocycles. The van der Waals surface area contributed by atoms with E-state index in [9.17, 15) is 4.79 Å². The zero-order valence-electron chi connectivity index (χ0n) is 11.8. The standard InChI is InChI=1S/C15H20BrN3O/c1-9(20)19-8-7-11-4-3-10-5-6-12(17)14(13(10)11)15(16)18-2/h5-6,11,17-18H,3-4,7-8H2,1-2H3,(H,19,20)/b15-14+,17-12?/t11-/m0/s1. The maximum Gasteiger partial charge on any atom is 0.216 e. The lowest BCUT2D eigenvalue weighted by Gasteiger charge is -2.22. The second-order valence-electron chi connectivity index (χ2n) is 5.13. The molecule has 0 aromatic rings. The van der Waals surface area contributed by atoms with Crippen molar-refractivity contribution in [2.45, 2.75) is 26.2 Å². The molecule has 0 bridgehead atoms. The van der Waals surface area contributed by atoms with Crippen molar-refractivity contribution in [3.05, 3.63) is 33.5 Å². The molecule has 0 heterocycles. The van der Waals surface area contributed by atoms with Crippen molar-refractivity contribution in [2.75, 3.05) is 13.6 Å². The molecule has 2 aliphatic carbocycles. The molecule has 0 aromatic carbocycles. The van der Waals surface area contributed by atoms with E-state index in [1.54, 1.807) is 6.92 Å². The molecule has 1 atom stereocenters. The van der Waals surface area contributed by atoms with Gasteiger partial charge in [-0.25, -0.2) is 0 Å². The first-order valence-electron chi connectivity index (χ1n) is 6.87. The van der Waals surface area contributed by atoms with E-state index in [1.807, 2.05) is 13.1 Å². The van der Waals surface area contributed by atoms with Crippen molar-refractivity contribution in [3.63, 3.8) is 0 Å². The Balaban J connectivity index is 2.22. The van der Waals surface area contributed by atoms with Crippen LogP contribution in [0.25, 0.3) is 0 Å². The lowest BCUT2D eigenvalue weighted by molar-refractivity contribution is -0.118. The highest BCUT2D eigenvalue weighted by Gasteiger charge is 2.31. The van der Waals surface area contributed by atoms with Gasteiger partial charge in [-0.05, 0) is 58.3 Å². The summed E-state index contributed by atoms with van der Waals surface area (Å²) in [6, 6.07) is 0. The third-order valence-corrected chi connectivity index (χ3v) is 4.60. The maximum atomic E-state index is 11.0. The molecular formula is C15H20BrN3O. The van der Waals surface area contributed by atoms with Crippen LogP contribution in [0.5, 0.6) is 0 Å². The van der Waals surface area contributed by atoms with Crippen LogP contribution < -0.4 is 10.6 Å². The van der Waals surface area contributed by atoms with Gasteiger partial charge in [-0.3, -0.25) is 4.79 Å². The predicted octanol–water partition coefficient (Wildman–Crippen LogP) is 2.63. The van der Waals surface area contributed by atoms with Gasteiger partial charge < -0.3 is 16.0 Å². The lowest BCUT2D eigenvalue weighted by Crippen LogP contribution is -2.24. The van der Waals surface area contributed by atoms with Gasteiger partial charge in [0.1, 0.15) is 0 Å². The number of halogens is 1. The van der Waals surface area contributed by atoms with Gasteiger partial charge in [0.25, 0.3) is 0 Å². The molecule has 5 heteroatoms. The molecule has 4 nitrogen and oxygen atoms in total. The van der Waals surface area contributed by atoms with Crippen molar-refractivity contribution in [3.8, 4) is 0 Å². The Kier molecular flexibility index (Phi) is 4.81. The Morgan fingerprint density at radius 3 is 2.90 bits per heavy atom. The number of allylic oxidation sites excluding steroid dienone is 5. The highest BCUT2D eigenvalue weighted by Crippen LogP contribution is 2.42. The van der Waals surface area contributed by atoms with E-state index in [0.717, 1.165) is 29.4 Å². The molecule has 0 radical (unpaired) electrons. The summed E-state index contributed by atoms with van der Waals surface area (Å²) in [6.45, 7) is 2.24. The van der Waals surface area contributed by atoms with E-state index in [4.69, 9.17) is 5.41 Å². The first-order chi connectivity index (χ1) is 9.54. The summed E-state index contributed by atoms with van der Waals surface area (Å²) in [4.78, 5) is 11.0. The van der Waals surface area contributed by atoms with Crippen LogP contribution in [0.1, 0.15) is 26.2 Å². The average Bonchev–Trinajstić information content (AvgIpc) is 2.81. The van der Waals surface area contributed by atoms with Crippen LogP contribution in [-0.4, -0.2) is 25.2 Å². The largest absolute Gasteiger partial charge is 0.382 e. The summed E-state index contributed by atoms with van der Waals surface area (Å²) < 4.78 is 0.866. The first kappa shape index (κ1) is 15.0. The Labute approximate surface area is 128 Å².